The molecule has 4 rings (SSSR count). The zero-order valence-electron chi connectivity index (χ0n) is 17.0. The number of nitro benzene ring substituents is 1. The van der Waals surface area contributed by atoms with Gasteiger partial charge in [-0.3, -0.25) is 14.9 Å². The van der Waals surface area contributed by atoms with Gasteiger partial charge in [0.15, 0.2) is 0 Å². The predicted octanol–water partition coefficient (Wildman–Crippen LogP) is 1.24. The summed E-state index contributed by atoms with van der Waals surface area (Å²) < 4.78 is 5.36. The number of carbonyl (C=O) groups is 1. The van der Waals surface area contributed by atoms with E-state index in [-0.39, 0.29) is 12.2 Å². The van der Waals surface area contributed by atoms with Gasteiger partial charge >= 0.3 is 0 Å². The number of ether oxygens (including phenoxy) is 1. The van der Waals surface area contributed by atoms with Gasteiger partial charge in [-0.25, -0.2) is 5.43 Å². The maximum absolute atomic E-state index is 12.2. The second-order valence-electron chi connectivity index (χ2n) is 6.90. The van der Waals surface area contributed by atoms with Crippen molar-refractivity contribution in [1.29, 1.82) is 0 Å². The van der Waals surface area contributed by atoms with Crippen LogP contribution in [0.25, 0.3) is 11.4 Å². The van der Waals surface area contributed by atoms with Crippen molar-refractivity contribution in [2.24, 2.45) is 5.10 Å². The summed E-state index contributed by atoms with van der Waals surface area (Å²) in [6.45, 7) is 2.28. The molecule has 0 spiro atoms. The van der Waals surface area contributed by atoms with Crippen molar-refractivity contribution in [3.05, 3.63) is 64.2 Å². The normalized spacial score (nSPS) is 13.9. The van der Waals surface area contributed by atoms with Crippen molar-refractivity contribution in [2.75, 3.05) is 31.2 Å². The fraction of sp³-hybridized carbons (Fsp3) is 0.250. The van der Waals surface area contributed by atoms with Crippen molar-refractivity contribution >= 4 is 23.5 Å². The zero-order valence-corrected chi connectivity index (χ0v) is 17.0. The summed E-state index contributed by atoms with van der Waals surface area (Å²) in [5, 5.41) is 27.1. The summed E-state index contributed by atoms with van der Waals surface area (Å²) in [5.41, 5.74) is 4.43. The Hall–Kier alpha value is -4.19. The number of rotatable bonds is 7. The van der Waals surface area contributed by atoms with Crippen LogP contribution in [-0.4, -0.2) is 63.6 Å². The zero-order chi connectivity index (χ0) is 22.3. The fourth-order valence-corrected chi connectivity index (χ4v) is 3.20. The molecule has 164 valence electrons. The molecule has 12 heteroatoms. The lowest BCUT2D eigenvalue weighted by molar-refractivity contribution is -0.384. The molecule has 1 saturated heterocycles. The lowest BCUT2D eigenvalue weighted by Crippen LogP contribution is -2.36. The molecule has 32 heavy (non-hydrogen) atoms. The topological polar surface area (TPSA) is 141 Å². The Morgan fingerprint density at radius 2 is 2.00 bits per heavy atom. The molecular formula is C20H20N8O4. The number of aromatic nitrogens is 4. The monoisotopic (exact) mass is 436 g/mol. The highest BCUT2D eigenvalue weighted by Gasteiger charge is 2.17. The number of hydrazone groups is 1. The summed E-state index contributed by atoms with van der Waals surface area (Å²) in [5.74, 6) is -0.0507. The summed E-state index contributed by atoms with van der Waals surface area (Å²) in [6.07, 6.45) is 1.39. The van der Waals surface area contributed by atoms with E-state index in [1.165, 1.54) is 23.1 Å². The molecule has 2 aromatic carbocycles. The molecule has 0 atom stereocenters. The molecule has 1 N–H and O–H groups in total. The first-order valence-corrected chi connectivity index (χ1v) is 9.86. The molecular weight excluding hydrogens is 416 g/mol. The third-order valence-corrected chi connectivity index (χ3v) is 4.74. The van der Waals surface area contributed by atoms with Gasteiger partial charge in [0.25, 0.3) is 11.6 Å². The minimum Gasteiger partial charge on any atom is -0.378 e. The molecule has 0 aliphatic carbocycles. The van der Waals surface area contributed by atoms with E-state index in [2.05, 4.69) is 30.8 Å². The van der Waals surface area contributed by atoms with Crippen LogP contribution in [0.4, 0.5) is 11.4 Å². The summed E-state index contributed by atoms with van der Waals surface area (Å²) in [4.78, 5) is 26.1. The standard InChI is InChI=1S/C20H20N8O4/c29-19(14-27-24-20(23-25-27)15-4-2-1-3-5-15)22-21-13-16-12-17(28(30)31)6-7-18(16)26-8-10-32-11-9-26/h1-7,12-13H,8-11,14H2,(H,22,29)/b21-13+. The molecule has 1 aromatic heterocycles. The molecule has 1 fully saturated rings. The van der Waals surface area contributed by atoms with Crippen LogP contribution >= 0.6 is 0 Å². The molecule has 0 bridgehead atoms. The highest BCUT2D eigenvalue weighted by molar-refractivity contribution is 5.90. The third kappa shape index (κ3) is 5.10. The molecule has 12 nitrogen and oxygen atoms in total. The van der Waals surface area contributed by atoms with Gasteiger partial charge in [-0.1, -0.05) is 30.3 Å². The number of nitro groups is 1. The maximum Gasteiger partial charge on any atom is 0.270 e. The molecule has 2 heterocycles. The molecule has 0 saturated carbocycles. The van der Waals surface area contributed by atoms with Crippen LogP contribution in [0.5, 0.6) is 0 Å². The van der Waals surface area contributed by atoms with Gasteiger partial charge in [-0.05, 0) is 11.3 Å². The Bertz CT molecular complexity index is 1130. The summed E-state index contributed by atoms with van der Waals surface area (Å²) in [7, 11) is 0. The second kappa shape index (κ2) is 9.75. The highest BCUT2D eigenvalue weighted by Crippen LogP contribution is 2.25. The maximum atomic E-state index is 12.2. The van der Waals surface area contributed by atoms with Crippen molar-refractivity contribution in [2.45, 2.75) is 6.54 Å². The van der Waals surface area contributed by atoms with E-state index in [0.717, 1.165) is 11.3 Å². The number of amides is 1. The average molecular weight is 436 g/mol. The van der Waals surface area contributed by atoms with Crippen molar-refractivity contribution in [1.82, 2.24) is 25.6 Å². The van der Waals surface area contributed by atoms with Gasteiger partial charge < -0.3 is 9.64 Å². The molecule has 3 aromatic rings. The van der Waals surface area contributed by atoms with Crippen LogP contribution in [0.3, 0.4) is 0 Å². The van der Waals surface area contributed by atoms with E-state index in [1.807, 2.05) is 30.3 Å². The Labute approximate surface area is 182 Å². The van der Waals surface area contributed by atoms with Gasteiger partial charge in [0.05, 0.1) is 24.4 Å². The van der Waals surface area contributed by atoms with Crippen LogP contribution in [0.2, 0.25) is 0 Å². The van der Waals surface area contributed by atoms with Crippen LogP contribution in [0.15, 0.2) is 53.6 Å². The third-order valence-electron chi connectivity index (χ3n) is 4.74. The molecule has 0 radical (unpaired) electrons. The predicted molar refractivity (Wildman–Crippen MR) is 115 cm³/mol. The molecule has 0 unspecified atom stereocenters. The smallest absolute Gasteiger partial charge is 0.270 e. The summed E-state index contributed by atoms with van der Waals surface area (Å²) in [6, 6.07) is 13.8. The van der Waals surface area contributed by atoms with Crippen molar-refractivity contribution in [3.8, 4) is 11.4 Å². The Kier molecular flexibility index (Phi) is 6.41. The van der Waals surface area contributed by atoms with Gasteiger partial charge in [-0.15, -0.1) is 10.2 Å². The van der Waals surface area contributed by atoms with Gasteiger partial charge in [0.2, 0.25) is 5.82 Å². The highest BCUT2D eigenvalue weighted by atomic mass is 16.6. The largest absolute Gasteiger partial charge is 0.378 e. The van der Waals surface area contributed by atoms with E-state index >= 15 is 0 Å². The number of morpholine rings is 1. The van der Waals surface area contributed by atoms with Crippen LogP contribution < -0.4 is 10.3 Å². The second-order valence-corrected chi connectivity index (χ2v) is 6.90. The lowest BCUT2D eigenvalue weighted by Gasteiger charge is -2.29. The van der Waals surface area contributed by atoms with E-state index in [1.54, 1.807) is 6.07 Å². The Morgan fingerprint density at radius 1 is 1.22 bits per heavy atom. The van der Waals surface area contributed by atoms with Crippen molar-refractivity contribution in [3.63, 3.8) is 0 Å². The van der Waals surface area contributed by atoms with E-state index in [0.29, 0.717) is 37.7 Å². The minimum atomic E-state index is -0.473. The van der Waals surface area contributed by atoms with Gasteiger partial charge in [-0.2, -0.15) is 9.90 Å². The van der Waals surface area contributed by atoms with E-state index in [9.17, 15) is 14.9 Å². The van der Waals surface area contributed by atoms with Crippen LogP contribution in [-0.2, 0) is 16.1 Å². The number of hydrogen-bond donors (Lipinski definition) is 1. The number of nitrogens with zero attached hydrogens (tertiary/aromatic N) is 7. The number of anilines is 1. The number of nitrogens with one attached hydrogen (secondary N) is 1. The number of carbonyl (C=O) groups excluding carboxylic acids is 1. The first-order valence-electron chi connectivity index (χ1n) is 9.86. The first kappa shape index (κ1) is 21.1. The molecule has 1 aliphatic rings. The molecule has 1 amide bonds. The van der Waals surface area contributed by atoms with Gasteiger partial charge in [0, 0.05) is 42.0 Å². The first-order chi connectivity index (χ1) is 15.6. The summed E-state index contributed by atoms with van der Waals surface area (Å²) >= 11 is 0. The van der Waals surface area contributed by atoms with Gasteiger partial charge in [0.1, 0.15) is 6.54 Å². The number of non-ortho nitro benzene ring substituents is 1. The minimum absolute atomic E-state index is 0.0601. The van der Waals surface area contributed by atoms with Crippen molar-refractivity contribution < 1.29 is 14.5 Å². The fourth-order valence-electron chi connectivity index (χ4n) is 3.20. The Morgan fingerprint density at radius 3 is 2.75 bits per heavy atom. The number of tetrazole rings is 1. The number of benzene rings is 2. The van der Waals surface area contributed by atoms with Crippen LogP contribution in [0, 0.1) is 10.1 Å². The Balaban J connectivity index is 1.42. The average Bonchev–Trinajstić information content (AvgIpc) is 3.28. The molecule has 1 aliphatic heterocycles. The van der Waals surface area contributed by atoms with Crippen LogP contribution in [0.1, 0.15) is 5.56 Å². The van der Waals surface area contributed by atoms with E-state index < -0.39 is 10.8 Å². The van der Waals surface area contributed by atoms with E-state index in [4.69, 9.17) is 4.74 Å². The quantitative estimate of drug-likeness (QED) is 0.331. The number of hydrogen-bond acceptors (Lipinski definition) is 9. The lowest BCUT2D eigenvalue weighted by atomic mass is 10.1. The SMILES string of the molecule is O=C(Cn1nnc(-c2ccccc2)n1)N/N=C/c1cc([N+](=O)[O-])ccc1N1CCOCC1.